The van der Waals surface area contributed by atoms with Gasteiger partial charge in [-0.15, -0.1) is 0 Å². The van der Waals surface area contributed by atoms with Crippen LogP contribution in [0.4, 0.5) is 0 Å². The highest BCUT2D eigenvalue weighted by Gasteiger charge is 2.13. The van der Waals surface area contributed by atoms with Gasteiger partial charge in [-0.05, 0) is 12.5 Å². The lowest BCUT2D eigenvalue weighted by Crippen LogP contribution is -2.35. The Bertz CT molecular complexity index is 117. The van der Waals surface area contributed by atoms with Crippen LogP contribution in [0.15, 0.2) is 0 Å². The van der Waals surface area contributed by atoms with Gasteiger partial charge >= 0.3 is 0 Å². The molecule has 0 saturated carbocycles. The SMILES string of the molecule is COCC(C)C(O)CNCC(C)C. The average Bonchev–Trinajstić information content (AvgIpc) is 2.04. The van der Waals surface area contributed by atoms with E-state index in [1.807, 2.05) is 6.92 Å². The molecule has 0 aliphatic rings. The first-order valence-electron chi connectivity index (χ1n) is 4.95. The van der Waals surface area contributed by atoms with E-state index >= 15 is 0 Å². The number of hydrogen-bond donors (Lipinski definition) is 2. The number of rotatable bonds is 7. The van der Waals surface area contributed by atoms with Crippen molar-refractivity contribution in [3.05, 3.63) is 0 Å². The molecule has 3 heteroatoms. The summed E-state index contributed by atoms with van der Waals surface area (Å²) in [5, 5.41) is 12.8. The van der Waals surface area contributed by atoms with Crippen molar-refractivity contribution < 1.29 is 9.84 Å². The standard InChI is InChI=1S/C10H23NO2/c1-8(2)5-11-6-10(12)9(3)7-13-4/h8-12H,5-7H2,1-4H3. The van der Waals surface area contributed by atoms with Crippen LogP contribution < -0.4 is 5.32 Å². The van der Waals surface area contributed by atoms with E-state index in [0.29, 0.717) is 19.1 Å². The van der Waals surface area contributed by atoms with E-state index in [-0.39, 0.29) is 12.0 Å². The second-order valence-corrected chi connectivity index (χ2v) is 4.05. The highest BCUT2D eigenvalue weighted by atomic mass is 16.5. The van der Waals surface area contributed by atoms with E-state index in [1.165, 1.54) is 0 Å². The number of aliphatic hydroxyl groups excluding tert-OH is 1. The zero-order valence-corrected chi connectivity index (χ0v) is 9.21. The Hall–Kier alpha value is -0.120. The molecule has 0 amide bonds. The van der Waals surface area contributed by atoms with Crippen molar-refractivity contribution >= 4 is 0 Å². The van der Waals surface area contributed by atoms with Crippen LogP contribution in [0.5, 0.6) is 0 Å². The quantitative estimate of drug-likeness (QED) is 0.624. The van der Waals surface area contributed by atoms with Crippen LogP contribution in [0, 0.1) is 11.8 Å². The molecule has 0 heterocycles. The lowest BCUT2D eigenvalue weighted by atomic mass is 10.1. The summed E-state index contributed by atoms with van der Waals surface area (Å²) in [6, 6.07) is 0. The third kappa shape index (κ3) is 6.99. The molecule has 2 atom stereocenters. The Morgan fingerprint density at radius 2 is 1.85 bits per heavy atom. The van der Waals surface area contributed by atoms with Gasteiger partial charge in [0.15, 0.2) is 0 Å². The second-order valence-electron chi connectivity index (χ2n) is 4.05. The highest BCUT2D eigenvalue weighted by Crippen LogP contribution is 2.02. The molecular weight excluding hydrogens is 166 g/mol. The fourth-order valence-electron chi connectivity index (χ4n) is 1.10. The lowest BCUT2D eigenvalue weighted by Gasteiger charge is -2.19. The molecule has 0 aliphatic carbocycles. The Morgan fingerprint density at radius 1 is 1.23 bits per heavy atom. The number of hydrogen-bond acceptors (Lipinski definition) is 3. The maximum Gasteiger partial charge on any atom is 0.0712 e. The molecule has 2 unspecified atom stereocenters. The van der Waals surface area contributed by atoms with Crippen molar-refractivity contribution in [2.75, 3.05) is 26.8 Å². The van der Waals surface area contributed by atoms with Gasteiger partial charge in [-0.1, -0.05) is 20.8 Å². The first kappa shape index (κ1) is 12.9. The van der Waals surface area contributed by atoms with Gasteiger partial charge in [-0.2, -0.15) is 0 Å². The zero-order valence-electron chi connectivity index (χ0n) is 9.21. The minimum atomic E-state index is -0.307. The summed E-state index contributed by atoms with van der Waals surface area (Å²) in [4.78, 5) is 0. The van der Waals surface area contributed by atoms with Gasteiger partial charge in [0.25, 0.3) is 0 Å². The van der Waals surface area contributed by atoms with E-state index in [1.54, 1.807) is 7.11 Å². The minimum Gasteiger partial charge on any atom is -0.391 e. The van der Waals surface area contributed by atoms with Crippen molar-refractivity contribution in [2.24, 2.45) is 11.8 Å². The van der Waals surface area contributed by atoms with Crippen LogP contribution >= 0.6 is 0 Å². The molecule has 0 aromatic heterocycles. The summed E-state index contributed by atoms with van der Waals surface area (Å²) in [5.41, 5.74) is 0. The van der Waals surface area contributed by atoms with Gasteiger partial charge in [0.1, 0.15) is 0 Å². The topological polar surface area (TPSA) is 41.5 Å². The highest BCUT2D eigenvalue weighted by molar-refractivity contribution is 4.66. The van der Waals surface area contributed by atoms with Crippen molar-refractivity contribution in [1.29, 1.82) is 0 Å². The number of ether oxygens (including phenoxy) is 1. The van der Waals surface area contributed by atoms with E-state index in [2.05, 4.69) is 19.2 Å². The smallest absolute Gasteiger partial charge is 0.0712 e. The molecule has 0 radical (unpaired) electrons. The summed E-state index contributed by atoms with van der Waals surface area (Å²) >= 11 is 0. The molecule has 0 saturated heterocycles. The van der Waals surface area contributed by atoms with Gasteiger partial charge in [0.2, 0.25) is 0 Å². The van der Waals surface area contributed by atoms with Crippen molar-refractivity contribution in [3.8, 4) is 0 Å². The minimum absolute atomic E-state index is 0.199. The Balaban J connectivity index is 3.43. The molecule has 0 rings (SSSR count). The third-order valence-corrected chi connectivity index (χ3v) is 1.99. The van der Waals surface area contributed by atoms with E-state index in [0.717, 1.165) is 6.54 Å². The third-order valence-electron chi connectivity index (χ3n) is 1.99. The van der Waals surface area contributed by atoms with Gasteiger partial charge in [0.05, 0.1) is 12.7 Å². The van der Waals surface area contributed by atoms with Crippen LogP contribution in [0.1, 0.15) is 20.8 Å². The van der Waals surface area contributed by atoms with Gasteiger partial charge in [-0.25, -0.2) is 0 Å². The van der Waals surface area contributed by atoms with Crippen LogP contribution in [0.3, 0.4) is 0 Å². The molecule has 0 spiro atoms. The normalized spacial score (nSPS) is 16.2. The Morgan fingerprint density at radius 3 is 2.31 bits per heavy atom. The fourth-order valence-corrected chi connectivity index (χ4v) is 1.10. The molecule has 13 heavy (non-hydrogen) atoms. The van der Waals surface area contributed by atoms with Crippen LogP contribution in [-0.4, -0.2) is 38.0 Å². The van der Waals surface area contributed by atoms with Crippen LogP contribution in [0.25, 0.3) is 0 Å². The monoisotopic (exact) mass is 189 g/mol. The van der Waals surface area contributed by atoms with E-state index in [4.69, 9.17) is 4.74 Å². The fraction of sp³-hybridized carbons (Fsp3) is 1.00. The largest absolute Gasteiger partial charge is 0.391 e. The van der Waals surface area contributed by atoms with Gasteiger partial charge in [0, 0.05) is 19.6 Å². The van der Waals surface area contributed by atoms with Crippen LogP contribution in [-0.2, 0) is 4.74 Å². The second kappa shape index (κ2) is 7.30. The van der Waals surface area contributed by atoms with Crippen molar-refractivity contribution in [1.82, 2.24) is 5.32 Å². The maximum absolute atomic E-state index is 9.62. The number of aliphatic hydroxyl groups is 1. The predicted octanol–water partition coefficient (Wildman–Crippen LogP) is 0.875. The number of nitrogens with one attached hydrogen (secondary N) is 1. The molecule has 0 fully saturated rings. The van der Waals surface area contributed by atoms with Gasteiger partial charge < -0.3 is 15.2 Å². The molecule has 0 aromatic carbocycles. The Kier molecular flexibility index (Phi) is 7.23. The molecule has 0 bridgehead atoms. The molecule has 2 N–H and O–H groups in total. The van der Waals surface area contributed by atoms with Crippen LogP contribution in [0.2, 0.25) is 0 Å². The molecule has 80 valence electrons. The summed E-state index contributed by atoms with van der Waals surface area (Å²) in [7, 11) is 1.66. The van der Waals surface area contributed by atoms with Crippen molar-refractivity contribution in [3.63, 3.8) is 0 Å². The molecule has 0 aromatic rings. The lowest BCUT2D eigenvalue weighted by molar-refractivity contribution is 0.0568. The summed E-state index contributed by atoms with van der Waals surface area (Å²) < 4.78 is 4.96. The van der Waals surface area contributed by atoms with Crippen molar-refractivity contribution in [2.45, 2.75) is 26.9 Å². The predicted molar refractivity (Wildman–Crippen MR) is 54.8 cm³/mol. The van der Waals surface area contributed by atoms with E-state index < -0.39 is 0 Å². The first-order valence-corrected chi connectivity index (χ1v) is 4.95. The Labute approximate surface area is 81.5 Å². The van der Waals surface area contributed by atoms with Gasteiger partial charge in [-0.3, -0.25) is 0 Å². The summed E-state index contributed by atoms with van der Waals surface area (Å²) in [5.74, 6) is 0.828. The molecular formula is C10H23NO2. The summed E-state index contributed by atoms with van der Waals surface area (Å²) in [6.45, 7) is 8.52. The zero-order chi connectivity index (χ0) is 10.3. The molecule has 0 aliphatic heterocycles. The summed E-state index contributed by atoms with van der Waals surface area (Å²) in [6.07, 6.45) is -0.307. The molecule has 3 nitrogen and oxygen atoms in total. The van der Waals surface area contributed by atoms with E-state index in [9.17, 15) is 5.11 Å². The maximum atomic E-state index is 9.62. The average molecular weight is 189 g/mol. The first-order chi connectivity index (χ1) is 6.07. The number of methoxy groups -OCH3 is 1.